The van der Waals surface area contributed by atoms with E-state index in [1.807, 2.05) is 0 Å². The quantitative estimate of drug-likeness (QED) is 0.211. The summed E-state index contributed by atoms with van der Waals surface area (Å²) in [6.07, 6.45) is -4.31. The van der Waals surface area contributed by atoms with Crippen LogP contribution in [0.3, 0.4) is 0 Å². The van der Waals surface area contributed by atoms with Crippen LogP contribution in [0.2, 0.25) is 0 Å². The molecule has 0 saturated carbocycles. The maximum atomic E-state index is 13.3. The monoisotopic (exact) mass is 674 g/mol. The lowest BCUT2D eigenvalue weighted by Gasteiger charge is -2.24. The smallest absolute Gasteiger partial charge is 0.490 e. The number of carbonyl (C=O) groups is 5. The van der Waals surface area contributed by atoms with Crippen LogP contribution < -0.4 is 21.7 Å². The van der Waals surface area contributed by atoms with Gasteiger partial charge in [-0.2, -0.15) is 13.2 Å². The molecule has 1 aliphatic heterocycles. The fourth-order valence-electron chi connectivity index (χ4n) is 3.86. The Balaban J connectivity index is 0.000000900. The second-order valence-corrected chi connectivity index (χ2v) is 12.4. The van der Waals surface area contributed by atoms with Crippen molar-refractivity contribution in [2.24, 2.45) is 5.73 Å². The molecule has 3 atom stereocenters. The zero-order valence-corrected chi connectivity index (χ0v) is 25.3. The minimum absolute atomic E-state index is 0.0795. The Labute approximate surface area is 264 Å². The first-order valence-corrected chi connectivity index (χ1v) is 15.9. The van der Waals surface area contributed by atoms with Crippen molar-refractivity contribution in [1.29, 1.82) is 0 Å². The van der Waals surface area contributed by atoms with Crippen molar-refractivity contribution in [1.82, 2.24) is 16.0 Å². The SMILES string of the molecule is N[C@H]1CCSSCC[C@H](C(=O)NCc2ccccc2CC(=O)O)NC(=O)[C@H](Cc2ccc(O)cc2)NC1=O.O=C(O)C(F)(F)F. The lowest BCUT2D eigenvalue weighted by atomic mass is 10.0. The molecule has 3 rings (SSSR count). The molecular weight excluding hydrogens is 641 g/mol. The van der Waals surface area contributed by atoms with Gasteiger partial charge in [-0.15, -0.1) is 0 Å². The van der Waals surface area contributed by atoms with Crippen molar-refractivity contribution in [2.75, 3.05) is 11.5 Å². The van der Waals surface area contributed by atoms with Crippen LogP contribution in [0, 0.1) is 0 Å². The zero-order valence-electron chi connectivity index (χ0n) is 23.7. The Morgan fingerprint density at radius 1 is 0.911 bits per heavy atom. The van der Waals surface area contributed by atoms with E-state index >= 15 is 0 Å². The number of halogens is 3. The number of amides is 3. The molecule has 1 heterocycles. The molecule has 0 spiro atoms. The summed E-state index contributed by atoms with van der Waals surface area (Å²) >= 11 is 0. The third-order valence-electron chi connectivity index (χ3n) is 6.22. The van der Waals surface area contributed by atoms with E-state index < -0.39 is 54.0 Å². The second-order valence-electron chi connectivity index (χ2n) is 9.68. The molecule has 17 heteroatoms. The third kappa shape index (κ3) is 13.7. The van der Waals surface area contributed by atoms with E-state index in [4.69, 9.17) is 20.7 Å². The molecule has 3 amide bonds. The molecule has 2 aromatic rings. The van der Waals surface area contributed by atoms with Gasteiger partial charge in [-0.1, -0.05) is 58.0 Å². The fourth-order valence-corrected chi connectivity index (χ4v) is 6.06. The summed E-state index contributed by atoms with van der Waals surface area (Å²) in [5, 5.41) is 34.2. The molecule has 2 aromatic carbocycles. The first-order valence-electron chi connectivity index (χ1n) is 13.4. The number of aromatic hydroxyl groups is 1. The summed E-state index contributed by atoms with van der Waals surface area (Å²) in [6, 6.07) is 10.6. The van der Waals surface area contributed by atoms with E-state index in [0.717, 1.165) is 0 Å². The summed E-state index contributed by atoms with van der Waals surface area (Å²) in [7, 11) is 3.09. The number of hydrogen-bond donors (Lipinski definition) is 7. The van der Waals surface area contributed by atoms with Crippen LogP contribution >= 0.6 is 21.6 Å². The molecule has 0 unspecified atom stereocenters. The van der Waals surface area contributed by atoms with Crippen LogP contribution in [0.15, 0.2) is 48.5 Å². The number of carboxylic acids is 2. The normalized spacial score (nSPS) is 19.6. The van der Waals surface area contributed by atoms with Crippen molar-refractivity contribution < 1.29 is 52.5 Å². The lowest BCUT2D eigenvalue weighted by molar-refractivity contribution is -0.192. The van der Waals surface area contributed by atoms with Crippen molar-refractivity contribution >= 4 is 51.2 Å². The van der Waals surface area contributed by atoms with E-state index in [9.17, 15) is 37.5 Å². The molecule has 0 radical (unpaired) electrons. The summed E-state index contributed by atoms with van der Waals surface area (Å²) in [6.45, 7) is 0.110. The third-order valence-corrected chi connectivity index (χ3v) is 8.69. The number of nitrogens with two attached hydrogens (primary N) is 1. The summed E-state index contributed by atoms with van der Waals surface area (Å²) in [5.74, 6) is -3.81. The molecule has 12 nitrogen and oxygen atoms in total. The van der Waals surface area contributed by atoms with Crippen LogP contribution in [0.5, 0.6) is 5.75 Å². The highest BCUT2D eigenvalue weighted by molar-refractivity contribution is 8.76. The van der Waals surface area contributed by atoms with Gasteiger partial charge in [-0.05, 0) is 41.7 Å². The molecule has 0 aromatic heterocycles. The molecule has 45 heavy (non-hydrogen) atoms. The second kappa shape index (κ2) is 18.1. The van der Waals surface area contributed by atoms with E-state index in [-0.39, 0.29) is 25.1 Å². The number of hydrogen-bond acceptors (Lipinski definition) is 9. The van der Waals surface area contributed by atoms with Gasteiger partial charge < -0.3 is 37.0 Å². The Morgan fingerprint density at radius 2 is 1.49 bits per heavy atom. The molecule has 246 valence electrons. The molecule has 1 fully saturated rings. The Morgan fingerprint density at radius 3 is 2.07 bits per heavy atom. The van der Waals surface area contributed by atoms with Crippen LogP contribution in [0.25, 0.3) is 0 Å². The number of nitrogens with one attached hydrogen (secondary N) is 3. The van der Waals surface area contributed by atoms with Gasteiger partial charge in [0.15, 0.2) is 0 Å². The maximum Gasteiger partial charge on any atom is 0.490 e. The minimum Gasteiger partial charge on any atom is -0.508 e. The standard InChI is InChI=1S/C26H32N4O6S2.C2HF3O2/c27-20-9-11-37-38-12-10-21(25(35)28-15-18-4-2-1-3-17(18)14-23(32)33)29-26(36)22(30-24(20)34)13-16-5-7-19(31)8-6-16;3-2(4,5)1(6)7/h1-8,20-22,31H,9-15,27H2,(H,28,35)(H,29,36)(H,30,34)(H,32,33);(H,6,7)/t20-,21+,22-;/m0./s1. The molecule has 0 aliphatic carbocycles. The van der Waals surface area contributed by atoms with Crippen LogP contribution in [0.1, 0.15) is 29.5 Å². The zero-order chi connectivity index (χ0) is 33.6. The van der Waals surface area contributed by atoms with Crippen molar-refractivity contribution in [3.63, 3.8) is 0 Å². The van der Waals surface area contributed by atoms with Gasteiger partial charge in [0.05, 0.1) is 12.5 Å². The number of aliphatic carboxylic acids is 2. The molecule has 1 aliphatic rings. The van der Waals surface area contributed by atoms with E-state index in [1.165, 1.54) is 22.9 Å². The predicted octanol–water partition coefficient (Wildman–Crippen LogP) is 1.98. The average Bonchev–Trinajstić information content (AvgIpc) is 2.98. The van der Waals surface area contributed by atoms with Crippen molar-refractivity contribution in [3.05, 3.63) is 65.2 Å². The predicted molar refractivity (Wildman–Crippen MR) is 161 cm³/mol. The highest BCUT2D eigenvalue weighted by Crippen LogP contribution is 2.24. The van der Waals surface area contributed by atoms with E-state index in [1.54, 1.807) is 47.2 Å². The molecule has 8 N–H and O–H groups in total. The number of rotatable bonds is 7. The van der Waals surface area contributed by atoms with Gasteiger partial charge >= 0.3 is 18.1 Å². The first-order chi connectivity index (χ1) is 21.2. The van der Waals surface area contributed by atoms with Gasteiger partial charge in [0.1, 0.15) is 17.8 Å². The Kier molecular flexibility index (Phi) is 15.0. The minimum atomic E-state index is -5.08. The van der Waals surface area contributed by atoms with E-state index in [2.05, 4.69) is 16.0 Å². The van der Waals surface area contributed by atoms with Gasteiger partial charge in [0.25, 0.3) is 0 Å². The average molecular weight is 675 g/mol. The highest BCUT2D eigenvalue weighted by atomic mass is 33.1. The van der Waals surface area contributed by atoms with E-state index in [0.29, 0.717) is 41.0 Å². The summed E-state index contributed by atoms with van der Waals surface area (Å²) in [5.41, 5.74) is 8.02. The number of carboxylic acid groups (broad SMARTS) is 2. The van der Waals surface area contributed by atoms with Crippen LogP contribution in [0.4, 0.5) is 13.2 Å². The molecule has 0 bridgehead atoms. The number of carbonyl (C=O) groups excluding carboxylic acids is 3. The largest absolute Gasteiger partial charge is 0.508 e. The molecular formula is C28H33F3N4O8S2. The topological polar surface area (TPSA) is 208 Å². The maximum absolute atomic E-state index is 13.3. The first kappa shape index (κ1) is 37.2. The van der Waals surface area contributed by atoms with Gasteiger partial charge in [-0.3, -0.25) is 19.2 Å². The van der Waals surface area contributed by atoms with Crippen molar-refractivity contribution in [3.8, 4) is 5.75 Å². The van der Waals surface area contributed by atoms with Crippen molar-refractivity contribution in [2.45, 2.75) is 56.5 Å². The van der Waals surface area contributed by atoms with Gasteiger partial charge in [0, 0.05) is 24.5 Å². The highest BCUT2D eigenvalue weighted by Gasteiger charge is 2.38. The number of benzene rings is 2. The van der Waals surface area contributed by atoms with Gasteiger partial charge in [-0.25, -0.2) is 4.79 Å². The molecule has 1 saturated heterocycles. The lowest BCUT2D eigenvalue weighted by Crippen LogP contribution is -2.56. The van der Waals surface area contributed by atoms with Crippen LogP contribution in [-0.2, 0) is 43.4 Å². The number of phenolic OH excluding ortho intramolecular Hbond substituents is 1. The summed E-state index contributed by atoms with van der Waals surface area (Å²) in [4.78, 5) is 59.3. The Hall–Kier alpha value is -3.96. The number of alkyl halides is 3. The number of phenols is 1. The van der Waals surface area contributed by atoms with Crippen LogP contribution in [-0.4, -0.2) is 80.8 Å². The fraction of sp³-hybridized carbons (Fsp3) is 0.393. The summed E-state index contributed by atoms with van der Waals surface area (Å²) < 4.78 is 31.7. The van der Waals surface area contributed by atoms with Gasteiger partial charge in [0.2, 0.25) is 17.7 Å². The Bertz CT molecular complexity index is 1330.